The third-order valence-electron chi connectivity index (χ3n) is 6.65. The Morgan fingerprint density at radius 3 is 2.53 bits per heavy atom. The summed E-state index contributed by atoms with van der Waals surface area (Å²) in [5.74, 6) is 0.774. The minimum Gasteiger partial charge on any atom is -0.364 e. The summed E-state index contributed by atoms with van der Waals surface area (Å²) in [6.45, 7) is 7.83. The van der Waals surface area contributed by atoms with Crippen molar-refractivity contribution in [3.05, 3.63) is 47.3 Å². The average molecular weight is 466 g/mol. The zero-order valence-corrected chi connectivity index (χ0v) is 20.1. The van der Waals surface area contributed by atoms with Crippen LogP contribution in [0.3, 0.4) is 0 Å². The molecule has 0 aromatic carbocycles. The van der Waals surface area contributed by atoms with Gasteiger partial charge in [-0.1, -0.05) is 37.0 Å². The van der Waals surface area contributed by atoms with E-state index in [2.05, 4.69) is 32.9 Å². The predicted octanol–water partition coefficient (Wildman–Crippen LogP) is 4.47. The normalized spacial score (nSPS) is 18.9. The fourth-order valence-corrected chi connectivity index (χ4v) is 4.62. The van der Waals surface area contributed by atoms with Gasteiger partial charge in [-0.25, -0.2) is 0 Å². The largest absolute Gasteiger partial charge is 0.364 e. The van der Waals surface area contributed by atoms with E-state index in [-0.39, 0.29) is 17.7 Å². The van der Waals surface area contributed by atoms with Crippen LogP contribution < -0.4 is 10.6 Å². The van der Waals surface area contributed by atoms with Crippen LogP contribution in [0, 0.1) is 25.7 Å². The number of anilines is 1. The van der Waals surface area contributed by atoms with E-state index in [9.17, 15) is 9.59 Å². The first-order chi connectivity index (χ1) is 16.4. The van der Waals surface area contributed by atoms with E-state index in [4.69, 9.17) is 9.05 Å². The quantitative estimate of drug-likeness (QED) is 0.528. The third kappa shape index (κ3) is 5.03. The van der Waals surface area contributed by atoms with E-state index < -0.39 is 6.04 Å². The van der Waals surface area contributed by atoms with E-state index in [1.807, 2.05) is 26.8 Å². The summed E-state index contributed by atoms with van der Waals surface area (Å²) in [6, 6.07) is 2.95. The van der Waals surface area contributed by atoms with Crippen LogP contribution in [0.15, 0.2) is 33.6 Å². The maximum absolute atomic E-state index is 13.4. The Morgan fingerprint density at radius 2 is 1.91 bits per heavy atom. The molecule has 9 nitrogen and oxygen atoms in total. The first-order valence-corrected chi connectivity index (χ1v) is 11.8. The van der Waals surface area contributed by atoms with Crippen molar-refractivity contribution in [3.63, 3.8) is 0 Å². The molecule has 4 rings (SSSR count). The van der Waals surface area contributed by atoms with Gasteiger partial charge in [0.05, 0.1) is 34.5 Å². The molecule has 3 heterocycles. The van der Waals surface area contributed by atoms with E-state index >= 15 is 0 Å². The summed E-state index contributed by atoms with van der Waals surface area (Å²) < 4.78 is 10.2. The number of hydrogen-bond donors (Lipinski definition) is 2. The van der Waals surface area contributed by atoms with E-state index in [1.54, 1.807) is 12.3 Å². The number of aryl methyl sites for hydroxylation is 3. The van der Waals surface area contributed by atoms with Crippen LogP contribution in [0.4, 0.5) is 5.69 Å². The molecule has 34 heavy (non-hydrogen) atoms. The van der Waals surface area contributed by atoms with Gasteiger partial charge in [-0.2, -0.15) is 0 Å². The van der Waals surface area contributed by atoms with Gasteiger partial charge < -0.3 is 19.7 Å². The van der Waals surface area contributed by atoms with Crippen LogP contribution in [-0.4, -0.2) is 33.2 Å². The minimum atomic E-state index is -0.665. The molecule has 0 spiro atoms. The number of pyridine rings is 1. The molecule has 9 heteroatoms. The Labute approximate surface area is 198 Å². The SMILES string of the molecule is CCc1nocc1C(=O)NC(C(=O)Nc1ccc(-c2c(C)noc2C)nc1)C1CCC(C)CC1. The van der Waals surface area contributed by atoms with Crippen molar-refractivity contribution in [2.24, 2.45) is 11.8 Å². The maximum atomic E-state index is 13.4. The lowest BCUT2D eigenvalue weighted by Gasteiger charge is -2.32. The van der Waals surface area contributed by atoms with Crippen LogP contribution >= 0.6 is 0 Å². The second kappa shape index (κ2) is 10.2. The Balaban J connectivity index is 1.51. The molecular weight excluding hydrogens is 434 g/mol. The number of hydrogen-bond acceptors (Lipinski definition) is 7. The Kier molecular flexibility index (Phi) is 7.09. The lowest BCUT2D eigenvalue weighted by molar-refractivity contribution is -0.119. The average Bonchev–Trinajstić information content (AvgIpc) is 3.45. The minimum absolute atomic E-state index is 0.0552. The molecule has 2 amide bonds. The van der Waals surface area contributed by atoms with E-state index in [1.165, 1.54) is 6.26 Å². The van der Waals surface area contributed by atoms with Gasteiger partial charge in [0, 0.05) is 0 Å². The van der Waals surface area contributed by atoms with Crippen molar-refractivity contribution in [3.8, 4) is 11.3 Å². The number of nitrogens with zero attached hydrogens (tertiary/aromatic N) is 3. The highest BCUT2D eigenvalue weighted by Crippen LogP contribution is 2.31. The second-order valence-corrected chi connectivity index (χ2v) is 9.12. The molecule has 1 unspecified atom stereocenters. The summed E-state index contributed by atoms with van der Waals surface area (Å²) in [6.07, 6.45) is 7.34. The molecular formula is C25H31N5O4. The lowest BCUT2D eigenvalue weighted by atomic mass is 9.79. The summed E-state index contributed by atoms with van der Waals surface area (Å²) >= 11 is 0. The molecule has 0 bridgehead atoms. The Morgan fingerprint density at radius 1 is 1.15 bits per heavy atom. The molecule has 0 saturated heterocycles. The van der Waals surface area contributed by atoms with E-state index in [0.717, 1.165) is 42.6 Å². The lowest BCUT2D eigenvalue weighted by Crippen LogP contribution is -2.49. The highest BCUT2D eigenvalue weighted by Gasteiger charge is 2.33. The zero-order valence-electron chi connectivity index (χ0n) is 20.1. The number of carbonyl (C=O) groups is 2. The van der Waals surface area contributed by atoms with Crippen molar-refractivity contribution in [1.82, 2.24) is 20.6 Å². The van der Waals surface area contributed by atoms with Gasteiger partial charge in [-0.15, -0.1) is 0 Å². The number of amides is 2. The topological polar surface area (TPSA) is 123 Å². The first kappa shape index (κ1) is 23.7. The molecule has 0 radical (unpaired) electrons. The molecule has 1 fully saturated rings. The van der Waals surface area contributed by atoms with Crippen molar-refractivity contribution < 1.29 is 18.6 Å². The predicted molar refractivity (Wildman–Crippen MR) is 126 cm³/mol. The highest BCUT2D eigenvalue weighted by molar-refractivity contribution is 6.01. The maximum Gasteiger partial charge on any atom is 0.257 e. The third-order valence-corrected chi connectivity index (χ3v) is 6.65. The summed E-state index contributed by atoms with van der Waals surface area (Å²) in [5, 5.41) is 13.7. The van der Waals surface area contributed by atoms with Crippen molar-refractivity contribution in [1.29, 1.82) is 0 Å². The standard InChI is InChI=1S/C25H31N5O4/c1-5-20-19(13-33-30-20)24(31)28-23(17-8-6-14(2)7-9-17)25(32)27-18-10-11-21(26-12-18)22-15(3)29-34-16(22)4/h10-14,17,23H,5-9H2,1-4H3,(H,27,32)(H,28,31). The molecule has 1 aliphatic rings. The van der Waals surface area contributed by atoms with Gasteiger partial charge in [0.2, 0.25) is 5.91 Å². The van der Waals surface area contributed by atoms with Gasteiger partial charge >= 0.3 is 0 Å². The molecule has 1 saturated carbocycles. The smallest absolute Gasteiger partial charge is 0.257 e. The summed E-state index contributed by atoms with van der Waals surface area (Å²) in [7, 11) is 0. The highest BCUT2D eigenvalue weighted by atomic mass is 16.5. The van der Waals surface area contributed by atoms with Crippen molar-refractivity contribution in [2.45, 2.75) is 65.8 Å². The van der Waals surface area contributed by atoms with Crippen LogP contribution in [0.2, 0.25) is 0 Å². The van der Waals surface area contributed by atoms with Gasteiger partial charge in [-0.3, -0.25) is 14.6 Å². The van der Waals surface area contributed by atoms with Gasteiger partial charge in [-0.05, 0) is 57.1 Å². The van der Waals surface area contributed by atoms with Crippen molar-refractivity contribution in [2.75, 3.05) is 5.32 Å². The van der Waals surface area contributed by atoms with Gasteiger partial charge in [0.25, 0.3) is 5.91 Å². The van der Waals surface area contributed by atoms with Gasteiger partial charge in [0.15, 0.2) is 0 Å². The Bertz CT molecular complexity index is 1120. The first-order valence-electron chi connectivity index (χ1n) is 11.8. The number of aromatic nitrogens is 3. The molecule has 3 aromatic rings. The second-order valence-electron chi connectivity index (χ2n) is 9.12. The summed E-state index contributed by atoms with van der Waals surface area (Å²) in [5.41, 5.74) is 3.84. The van der Waals surface area contributed by atoms with E-state index in [0.29, 0.717) is 35.0 Å². The molecule has 180 valence electrons. The number of nitrogens with one attached hydrogen (secondary N) is 2. The molecule has 1 atom stereocenters. The monoisotopic (exact) mass is 465 g/mol. The number of carbonyl (C=O) groups excluding carboxylic acids is 2. The zero-order chi connectivity index (χ0) is 24.2. The number of rotatable bonds is 7. The molecule has 3 aromatic heterocycles. The fraction of sp³-hybridized carbons (Fsp3) is 0.480. The van der Waals surface area contributed by atoms with Crippen LogP contribution in [-0.2, 0) is 11.2 Å². The Hall–Kier alpha value is -3.49. The van der Waals surface area contributed by atoms with Crippen LogP contribution in [0.25, 0.3) is 11.3 Å². The molecule has 0 aliphatic heterocycles. The van der Waals surface area contributed by atoms with Crippen molar-refractivity contribution >= 4 is 17.5 Å². The summed E-state index contributed by atoms with van der Waals surface area (Å²) in [4.78, 5) is 30.8. The molecule has 1 aliphatic carbocycles. The fourth-order valence-electron chi connectivity index (χ4n) is 4.62. The van der Waals surface area contributed by atoms with Gasteiger partial charge in [0.1, 0.15) is 23.6 Å². The molecule has 2 N–H and O–H groups in total. The van der Waals surface area contributed by atoms with Crippen LogP contribution in [0.5, 0.6) is 0 Å². The van der Waals surface area contributed by atoms with Crippen LogP contribution in [0.1, 0.15) is 67.0 Å².